The molecule has 0 radical (unpaired) electrons. The molecule has 1 unspecified atom stereocenters. The van der Waals surface area contributed by atoms with Crippen molar-refractivity contribution >= 4 is 23.1 Å². The number of ether oxygens (including phenoxy) is 1. The molecule has 0 aliphatic heterocycles. The van der Waals surface area contributed by atoms with Gasteiger partial charge >= 0.3 is 5.97 Å². The summed E-state index contributed by atoms with van der Waals surface area (Å²) in [7, 11) is 1.31. The Balaban J connectivity index is 2.24. The molecule has 2 rings (SSSR count). The minimum absolute atomic E-state index is 0.0593. The Hall–Kier alpha value is -2.02. The van der Waals surface area contributed by atoms with Gasteiger partial charge in [0.2, 0.25) is 5.82 Å². The molecular weight excluding hydrogens is 276 g/mol. The highest BCUT2D eigenvalue weighted by atomic mass is 32.1. The van der Waals surface area contributed by atoms with Crippen LogP contribution in [0.3, 0.4) is 0 Å². The second-order valence-corrected chi connectivity index (χ2v) is 5.11. The molecule has 6 nitrogen and oxygen atoms in total. The van der Waals surface area contributed by atoms with E-state index in [1.54, 1.807) is 23.6 Å². The number of anilines is 1. The molecule has 0 saturated heterocycles. The topological polar surface area (TPSA) is 77.0 Å². The lowest BCUT2D eigenvalue weighted by atomic mass is 10.2. The number of carbonyl (C=O) groups excluding carboxylic acids is 1. The Morgan fingerprint density at radius 3 is 2.90 bits per heavy atom. The van der Waals surface area contributed by atoms with Crippen molar-refractivity contribution in [3.63, 3.8) is 0 Å². The molecule has 0 bridgehead atoms. The molecular formula is C13H16N4O2S. The predicted molar refractivity (Wildman–Crippen MR) is 76.9 cm³/mol. The van der Waals surface area contributed by atoms with Gasteiger partial charge in [0.15, 0.2) is 0 Å². The maximum atomic E-state index is 11.5. The number of nitrogens with zero attached hydrogens (tertiary/aromatic N) is 3. The first-order valence-corrected chi connectivity index (χ1v) is 7.12. The molecule has 1 N–H and O–H groups in total. The molecule has 0 amide bonds. The van der Waals surface area contributed by atoms with Crippen molar-refractivity contribution in [3.8, 4) is 0 Å². The second kappa shape index (κ2) is 6.42. The molecule has 0 aliphatic rings. The summed E-state index contributed by atoms with van der Waals surface area (Å²) in [5.41, 5.74) is 0.705. The summed E-state index contributed by atoms with van der Waals surface area (Å²) < 4.78 is 4.65. The van der Waals surface area contributed by atoms with E-state index in [-0.39, 0.29) is 11.9 Å². The number of esters is 1. The number of methoxy groups -OCH3 is 1. The summed E-state index contributed by atoms with van der Waals surface area (Å²) in [6.07, 6.45) is 2.64. The normalized spacial score (nSPS) is 11.9. The number of nitrogens with one attached hydrogen (secondary N) is 1. The smallest absolute Gasteiger partial charge is 0.376 e. The molecule has 0 aromatic carbocycles. The lowest BCUT2D eigenvalue weighted by Gasteiger charge is -2.15. The van der Waals surface area contributed by atoms with E-state index in [0.29, 0.717) is 11.5 Å². The standard InChI is InChI=1S/C13H16N4O2S/c1-4-9(12-14-5-6-20-12)16-10-7-8(2)15-11(17-10)13(18)19-3/h5-7,9H,4H2,1-3H3,(H,15,16,17). The van der Waals surface area contributed by atoms with E-state index in [4.69, 9.17) is 0 Å². The van der Waals surface area contributed by atoms with Gasteiger partial charge in [-0.15, -0.1) is 11.3 Å². The Morgan fingerprint density at radius 1 is 1.50 bits per heavy atom. The zero-order valence-electron chi connectivity index (χ0n) is 11.6. The predicted octanol–water partition coefficient (Wildman–Crippen LogP) is 2.59. The van der Waals surface area contributed by atoms with Crippen molar-refractivity contribution in [2.75, 3.05) is 12.4 Å². The van der Waals surface area contributed by atoms with Crippen LogP contribution in [0.4, 0.5) is 5.82 Å². The van der Waals surface area contributed by atoms with Crippen LogP contribution in [-0.2, 0) is 4.74 Å². The summed E-state index contributed by atoms with van der Waals surface area (Å²) in [6.45, 7) is 3.87. The van der Waals surface area contributed by atoms with Crippen LogP contribution < -0.4 is 5.32 Å². The third-order valence-electron chi connectivity index (χ3n) is 2.70. The number of hydrogen-bond acceptors (Lipinski definition) is 7. The fourth-order valence-electron chi connectivity index (χ4n) is 1.75. The number of aromatic nitrogens is 3. The molecule has 0 aliphatic carbocycles. The fourth-order valence-corrected chi connectivity index (χ4v) is 2.52. The van der Waals surface area contributed by atoms with Gasteiger partial charge in [0, 0.05) is 23.3 Å². The summed E-state index contributed by atoms with van der Waals surface area (Å²) in [5, 5.41) is 6.20. The summed E-state index contributed by atoms with van der Waals surface area (Å²) in [4.78, 5) is 24.1. The third-order valence-corrected chi connectivity index (χ3v) is 3.59. The zero-order valence-corrected chi connectivity index (χ0v) is 12.4. The zero-order chi connectivity index (χ0) is 14.5. The van der Waals surface area contributed by atoms with Gasteiger partial charge in [-0.25, -0.2) is 19.7 Å². The minimum Gasteiger partial charge on any atom is -0.463 e. The first-order valence-electron chi connectivity index (χ1n) is 6.24. The van der Waals surface area contributed by atoms with E-state index in [1.807, 2.05) is 12.3 Å². The molecule has 0 saturated carbocycles. The number of rotatable bonds is 5. The average Bonchev–Trinajstić information content (AvgIpc) is 2.97. The van der Waals surface area contributed by atoms with Crippen LogP contribution in [-0.4, -0.2) is 28.0 Å². The van der Waals surface area contributed by atoms with Gasteiger partial charge in [-0.3, -0.25) is 0 Å². The first-order chi connectivity index (χ1) is 9.63. The van der Waals surface area contributed by atoms with Crippen molar-refractivity contribution in [1.82, 2.24) is 15.0 Å². The Morgan fingerprint density at radius 2 is 2.30 bits per heavy atom. The van der Waals surface area contributed by atoms with E-state index >= 15 is 0 Å². The van der Waals surface area contributed by atoms with Crippen molar-refractivity contribution in [2.24, 2.45) is 0 Å². The van der Waals surface area contributed by atoms with Gasteiger partial charge in [0.25, 0.3) is 0 Å². The van der Waals surface area contributed by atoms with Crippen molar-refractivity contribution in [3.05, 3.63) is 34.2 Å². The van der Waals surface area contributed by atoms with Crippen molar-refractivity contribution in [2.45, 2.75) is 26.3 Å². The quantitative estimate of drug-likeness (QED) is 0.854. The van der Waals surface area contributed by atoms with E-state index in [0.717, 1.165) is 11.4 Å². The second-order valence-electron chi connectivity index (χ2n) is 4.19. The van der Waals surface area contributed by atoms with Crippen molar-refractivity contribution < 1.29 is 9.53 Å². The molecule has 2 aromatic heterocycles. The van der Waals surface area contributed by atoms with Gasteiger partial charge < -0.3 is 10.1 Å². The Labute approximate surface area is 121 Å². The number of aryl methyl sites for hydroxylation is 1. The number of carbonyl (C=O) groups is 1. The summed E-state index contributed by atoms with van der Waals surface area (Å²) >= 11 is 1.59. The van der Waals surface area contributed by atoms with E-state index in [9.17, 15) is 4.79 Å². The molecule has 0 fully saturated rings. The van der Waals surface area contributed by atoms with Crippen LogP contribution in [0.2, 0.25) is 0 Å². The number of thiazole rings is 1. The first kappa shape index (κ1) is 14.4. The van der Waals surface area contributed by atoms with Crippen LogP contribution in [0.25, 0.3) is 0 Å². The molecule has 1 atom stereocenters. The third kappa shape index (κ3) is 3.30. The largest absolute Gasteiger partial charge is 0.463 e. The lowest BCUT2D eigenvalue weighted by Crippen LogP contribution is -2.14. The van der Waals surface area contributed by atoms with Gasteiger partial charge in [0.1, 0.15) is 10.8 Å². The van der Waals surface area contributed by atoms with Gasteiger partial charge in [-0.05, 0) is 13.3 Å². The SMILES string of the molecule is CCC(Nc1cc(C)nc(C(=O)OC)n1)c1nccs1. The Kier molecular flexibility index (Phi) is 4.62. The highest BCUT2D eigenvalue weighted by Gasteiger charge is 2.15. The average molecular weight is 292 g/mol. The summed E-state index contributed by atoms with van der Waals surface area (Å²) in [5.74, 6) is 0.114. The minimum atomic E-state index is -0.543. The summed E-state index contributed by atoms with van der Waals surface area (Å²) in [6, 6.07) is 1.86. The van der Waals surface area contributed by atoms with E-state index in [2.05, 4.69) is 31.9 Å². The van der Waals surface area contributed by atoms with Crippen LogP contribution in [0.1, 0.15) is 40.7 Å². The van der Waals surface area contributed by atoms with Crippen LogP contribution >= 0.6 is 11.3 Å². The highest BCUT2D eigenvalue weighted by molar-refractivity contribution is 7.09. The van der Waals surface area contributed by atoms with Gasteiger partial charge in [-0.1, -0.05) is 6.92 Å². The maximum absolute atomic E-state index is 11.5. The molecule has 2 aromatic rings. The van der Waals surface area contributed by atoms with Crippen molar-refractivity contribution in [1.29, 1.82) is 0 Å². The lowest BCUT2D eigenvalue weighted by molar-refractivity contribution is 0.0586. The van der Waals surface area contributed by atoms with Gasteiger partial charge in [0.05, 0.1) is 13.2 Å². The fraction of sp³-hybridized carbons (Fsp3) is 0.385. The van der Waals surface area contributed by atoms with E-state index < -0.39 is 5.97 Å². The molecule has 2 heterocycles. The Bertz CT molecular complexity index is 586. The highest BCUT2D eigenvalue weighted by Crippen LogP contribution is 2.23. The van der Waals surface area contributed by atoms with Crippen LogP contribution in [0.5, 0.6) is 0 Å². The monoisotopic (exact) mass is 292 g/mol. The maximum Gasteiger partial charge on any atom is 0.376 e. The molecule has 7 heteroatoms. The van der Waals surface area contributed by atoms with E-state index in [1.165, 1.54) is 7.11 Å². The van der Waals surface area contributed by atoms with Crippen LogP contribution in [0.15, 0.2) is 17.6 Å². The van der Waals surface area contributed by atoms with Crippen LogP contribution in [0, 0.1) is 6.92 Å². The molecule has 0 spiro atoms. The molecule has 106 valence electrons. The van der Waals surface area contributed by atoms with Gasteiger partial charge in [-0.2, -0.15) is 0 Å². The molecule has 20 heavy (non-hydrogen) atoms. The number of hydrogen-bond donors (Lipinski definition) is 1.